The quantitative estimate of drug-likeness (QED) is 0.729. The second-order valence-electron chi connectivity index (χ2n) is 3.14. The van der Waals surface area contributed by atoms with Crippen LogP contribution >= 0.6 is 0 Å². The van der Waals surface area contributed by atoms with Crippen molar-refractivity contribution >= 4 is 6.29 Å². The number of rotatable bonds is 2. The van der Waals surface area contributed by atoms with Gasteiger partial charge in [-0.15, -0.1) is 0 Å². The molecule has 2 rings (SSSR count). The van der Waals surface area contributed by atoms with Gasteiger partial charge in [-0.2, -0.15) is 0 Å². The average molecular weight is 186 g/mol. The molecule has 0 fully saturated rings. The Bertz CT molecular complexity index is 435. The van der Waals surface area contributed by atoms with Gasteiger partial charge in [-0.05, 0) is 22.8 Å². The second kappa shape index (κ2) is 3.60. The Morgan fingerprint density at radius 1 is 1.21 bits per heavy atom. The van der Waals surface area contributed by atoms with Gasteiger partial charge >= 0.3 is 0 Å². The first kappa shape index (κ1) is 8.91. The van der Waals surface area contributed by atoms with Gasteiger partial charge in [0.2, 0.25) is 0 Å². The highest BCUT2D eigenvalue weighted by Gasteiger charge is 2.12. The molecule has 0 bridgehead atoms. The molecule has 1 N–H and O–H groups in total. The van der Waals surface area contributed by atoms with Crippen LogP contribution in [-0.2, 0) is 6.61 Å². The van der Waals surface area contributed by atoms with E-state index in [1.165, 1.54) is 0 Å². The molecular formula is C12H10O2. The predicted molar refractivity (Wildman–Crippen MR) is 54.4 cm³/mol. The maximum atomic E-state index is 10.9. The lowest BCUT2D eigenvalue weighted by molar-refractivity contribution is 0.112. The zero-order valence-electron chi connectivity index (χ0n) is 7.60. The first-order valence-corrected chi connectivity index (χ1v) is 4.43. The fourth-order valence-electron chi connectivity index (χ4n) is 1.64. The smallest absolute Gasteiger partial charge is 0.151 e. The Hall–Kier alpha value is -1.67. The molecule has 0 atom stereocenters. The minimum atomic E-state index is -0.0908. The Kier molecular flexibility index (Phi) is 2.29. The molecule has 0 aromatic rings. The summed E-state index contributed by atoms with van der Waals surface area (Å²) >= 11 is 0. The zero-order chi connectivity index (χ0) is 9.97. The van der Waals surface area contributed by atoms with E-state index in [2.05, 4.69) is 0 Å². The van der Waals surface area contributed by atoms with Crippen LogP contribution in [0.3, 0.4) is 0 Å². The van der Waals surface area contributed by atoms with Crippen LogP contribution in [0.5, 0.6) is 0 Å². The molecule has 2 aliphatic carbocycles. The number of hydrogen-bond donors (Lipinski definition) is 1. The van der Waals surface area contributed by atoms with Crippen LogP contribution in [0.2, 0.25) is 0 Å². The van der Waals surface area contributed by atoms with Crippen LogP contribution in [0, 0.1) is 0 Å². The summed E-state index contributed by atoms with van der Waals surface area (Å²) < 4.78 is 0. The summed E-state index contributed by atoms with van der Waals surface area (Å²) in [5.74, 6) is 0. The summed E-state index contributed by atoms with van der Waals surface area (Å²) in [6, 6.07) is 11.4. The SMILES string of the molecule is O=Cc1c(CO)cc2cccccc1-2. The van der Waals surface area contributed by atoms with Crippen LogP contribution < -0.4 is 0 Å². The molecule has 0 aromatic carbocycles. The van der Waals surface area contributed by atoms with Crippen LogP contribution in [0.4, 0.5) is 0 Å². The molecule has 0 saturated heterocycles. The average Bonchev–Trinajstić information content (AvgIpc) is 2.39. The van der Waals surface area contributed by atoms with Gasteiger partial charge in [-0.25, -0.2) is 0 Å². The van der Waals surface area contributed by atoms with Crippen molar-refractivity contribution in [3.63, 3.8) is 0 Å². The van der Waals surface area contributed by atoms with E-state index in [9.17, 15) is 4.79 Å². The molecule has 0 heterocycles. The summed E-state index contributed by atoms with van der Waals surface area (Å²) in [4.78, 5) is 10.9. The van der Waals surface area contributed by atoms with Crippen molar-refractivity contribution in [2.24, 2.45) is 0 Å². The van der Waals surface area contributed by atoms with Crippen molar-refractivity contribution in [1.82, 2.24) is 0 Å². The highest BCUT2D eigenvalue weighted by atomic mass is 16.3. The number of hydrogen-bond acceptors (Lipinski definition) is 2. The number of aliphatic hydroxyl groups excluding tert-OH is 1. The number of carbonyl (C=O) groups is 1. The van der Waals surface area contributed by atoms with Gasteiger partial charge in [-0.1, -0.05) is 30.3 Å². The fraction of sp³-hybridized carbons (Fsp3) is 0.0833. The molecule has 0 aliphatic heterocycles. The molecule has 2 nitrogen and oxygen atoms in total. The van der Waals surface area contributed by atoms with Gasteiger partial charge in [0, 0.05) is 5.56 Å². The molecule has 0 radical (unpaired) electrons. The first-order chi connectivity index (χ1) is 6.86. The number of aliphatic hydroxyl groups is 1. The lowest BCUT2D eigenvalue weighted by atomic mass is 10.1. The van der Waals surface area contributed by atoms with E-state index in [1.807, 2.05) is 36.4 Å². The van der Waals surface area contributed by atoms with Gasteiger partial charge in [0.25, 0.3) is 0 Å². The van der Waals surface area contributed by atoms with Crippen molar-refractivity contribution < 1.29 is 9.90 Å². The Morgan fingerprint density at radius 2 is 2.00 bits per heavy atom. The van der Waals surface area contributed by atoms with Crippen LogP contribution in [0.1, 0.15) is 15.9 Å². The van der Waals surface area contributed by atoms with Crippen molar-refractivity contribution in [2.45, 2.75) is 6.61 Å². The normalized spacial score (nSPS) is 10.4. The van der Waals surface area contributed by atoms with E-state index in [4.69, 9.17) is 5.11 Å². The van der Waals surface area contributed by atoms with Gasteiger partial charge in [0.05, 0.1) is 6.61 Å². The van der Waals surface area contributed by atoms with Gasteiger partial charge in [0.1, 0.15) is 0 Å². The molecule has 0 amide bonds. The van der Waals surface area contributed by atoms with Gasteiger partial charge < -0.3 is 5.11 Å². The summed E-state index contributed by atoms with van der Waals surface area (Å²) in [5, 5.41) is 9.05. The topological polar surface area (TPSA) is 37.3 Å². The monoisotopic (exact) mass is 186 g/mol. The number of fused-ring (bicyclic) bond motifs is 1. The van der Waals surface area contributed by atoms with E-state index in [0.717, 1.165) is 17.4 Å². The number of carbonyl (C=O) groups excluding carboxylic acids is 1. The standard InChI is InChI=1S/C12H10O2/c13-7-10-6-9-4-2-1-3-5-11(9)12(10)8-14/h1-6,8,13H,7H2. The lowest BCUT2D eigenvalue weighted by Gasteiger charge is -1.93. The van der Waals surface area contributed by atoms with Crippen molar-refractivity contribution in [3.8, 4) is 11.1 Å². The molecule has 2 aliphatic rings. The van der Waals surface area contributed by atoms with E-state index in [1.54, 1.807) is 0 Å². The van der Waals surface area contributed by atoms with Gasteiger partial charge in [-0.3, -0.25) is 4.79 Å². The molecular weight excluding hydrogens is 176 g/mol. The van der Waals surface area contributed by atoms with Crippen LogP contribution in [0.25, 0.3) is 11.1 Å². The van der Waals surface area contributed by atoms with Gasteiger partial charge in [0.15, 0.2) is 6.29 Å². The second-order valence-corrected chi connectivity index (χ2v) is 3.14. The summed E-state index contributed by atoms with van der Waals surface area (Å²) in [5.41, 5.74) is 3.18. The van der Waals surface area contributed by atoms with Crippen molar-refractivity contribution in [3.05, 3.63) is 47.5 Å². The Balaban J connectivity index is 2.74. The zero-order valence-corrected chi connectivity index (χ0v) is 7.60. The largest absolute Gasteiger partial charge is 0.392 e. The third-order valence-electron chi connectivity index (χ3n) is 2.33. The predicted octanol–water partition coefficient (Wildman–Crippen LogP) is 2.10. The molecule has 14 heavy (non-hydrogen) atoms. The molecule has 2 heteroatoms. The van der Waals surface area contributed by atoms with E-state index >= 15 is 0 Å². The minimum Gasteiger partial charge on any atom is -0.392 e. The number of aldehydes is 1. The lowest BCUT2D eigenvalue weighted by Crippen LogP contribution is -1.86. The van der Waals surface area contributed by atoms with Crippen LogP contribution in [-0.4, -0.2) is 11.4 Å². The molecule has 0 aromatic heterocycles. The van der Waals surface area contributed by atoms with E-state index in [0.29, 0.717) is 11.1 Å². The van der Waals surface area contributed by atoms with Crippen LogP contribution in [0.15, 0.2) is 36.4 Å². The van der Waals surface area contributed by atoms with E-state index in [-0.39, 0.29) is 6.61 Å². The third-order valence-corrected chi connectivity index (χ3v) is 2.33. The Morgan fingerprint density at radius 3 is 2.71 bits per heavy atom. The minimum absolute atomic E-state index is 0.0908. The molecule has 70 valence electrons. The molecule has 0 unspecified atom stereocenters. The summed E-state index contributed by atoms with van der Waals surface area (Å²) in [6.45, 7) is -0.0908. The maximum Gasteiger partial charge on any atom is 0.151 e. The highest BCUT2D eigenvalue weighted by Crippen LogP contribution is 2.29. The van der Waals surface area contributed by atoms with Crippen molar-refractivity contribution in [2.75, 3.05) is 0 Å². The Labute approximate surface area is 82.2 Å². The molecule has 0 saturated carbocycles. The summed E-state index contributed by atoms with van der Waals surface area (Å²) in [6.07, 6.45) is 0.799. The fourth-order valence-corrected chi connectivity index (χ4v) is 1.64. The van der Waals surface area contributed by atoms with E-state index < -0.39 is 0 Å². The first-order valence-electron chi connectivity index (χ1n) is 4.43. The summed E-state index contributed by atoms with van der Waals surface area (Å²) in [7, 11) is 0. The molecule has 0 spiro atoms. The third kappa shape index (κ3) is 1.30. The maximum absolute atomic E-state index is 10.9. The van der Waals surface area contributed by atoms with Crippen molar-refractivity contribution in [1.29, 1.82) is 0 Å². The highest BCUT2D eigenvalue weighted by molar-refractivity contribution is 5.92.